The van der Waals surface area contributed by atoms with E-state index in [-0.39, 0.29) is 5.78 Å². The van der Waals surface area contributed by atoms with Crippen LogP contribution in [0.4, 0.5) is 0 Å². The van der Waals surface area contributed by atoms with Crippen LogP contribution in [0.1, 0.15) is 56.3 Å². The molecule has 0 saturated heterocycles. The van der Waals surface area contributed by atoms with Crippen molar-refractivity contribution in [2.75, 3.05) is 0 Å². The van der Waals surface area contributed by atoms with Gasteiger partial charge in [-0.15, -0.1) is 0 Å². The molecule has 0 atom stereocenters. The van der Waals surface area contributed by atoms with Crippen LogP contribution in [0.3, 0.4) is 0 Å². The topological polar surface area (TPSA) is 30.2 Å². The number of unbranched alkanes of at least 4 members (excludes halogenated alkanes) is 2. The number of Topliss-reactive ketones (excluding diaryl/α,β-unsaturated/α-hetero) is 1. The first-order chi connectivity index (χ1) is 7.20. The molecule has 1 heterocycles. The summed E-state index contributed by atoms with van der Waals surface area (Å²) in [4.78, 5) is 11.5. The van der Waals surface area contributed by atoms with Gasteiger partial charge in [0.25, 0.3) is 0 Å². The summed E-state index contributed by atoms with van der Waals surface area (Å²) in [5, 5.41) is 0. The Labute approximate surface area is 91.7 Å². The zero-order chi connectivity index (χ0) is 11.1. The Kier molecular flexibility index (Phi) is 5.16. The monoisotopic (exact) mass is 208 g/mol. The number of hydrogen-bond acceptors (Lipinski definition) is 2. The number of ketones is 1. The highest BCUT2D eigenvalue weighted by Gasteiger charge is 2.06. The molecule has 2 nitrogen and oxygen atoms in total. The smallest absolute Gasteiger partial charge is 0.166 e. The van der Waals surface area contributed by atoms with E-state index in [9.17, 15) is 4.79 Å². The predicted octanol–water partition coefficient (Wildman–Crippen LogP) is 4.07. The molecule has 2 heteroatoms. The lowest BCUT2D eigenvalue weighted by molar-refractivity contribution is 0.0978. The molecule has 0 bridgehead atoms. The maximum Gasteiger partial charge on any atom is 0.166 e. The highest BCUT2D eigenvalue weighted by Crippen LogP contribution is 2.12. The van der Waals surface area contributed by atoms with Crippen LogP contribution < -0.4 is 0 Å². The zero-order valence-electron chi connectivity index (χ0n) is 9.66. The molecule has 0 radical (unpaired) electrons. The summed E-state index contributed by atoms with van der Waals surface area (Å²) in [5.41, 5.74) is 0.707. The third kappa shape index (κ3) is 4.82. The number of furan rings is 1. The molecule has 0 aliphatic rings. The molecule has 1 rings (SSSR count). The van der Waals surface area contributed by atoms with Crippen LogP contribution in [0.25, 0.3) is 0 Å². The van der Waals surface area contributed by atoms with Crippen molar-refractivity contribution >= 4 is 5.78 Å². The molecule has 0 amide bonds. The van der Waals surface area contributed by atoms with E-state index in [1.54, 1.807) is 12.3 Å². The third-order valence-corrected chi connectivity index (χ3v) is 2.53. The maximum atomic E-state index is 11.5. The van der Waals surface area contributed by atoms with Crippen molar-refractivity contribution < 1.29 is 9.21 Å². The van der Waals surface area contributed by atoms with E-state index >= 15 is 0 Å². The molecule has 0 spiro atoms. The minimum Gasteiger partial charge on any atom is -0.472 e. The fourth-order valence-electron chi connectivity index (χ4n) is 1.58. The number of carbonyl (C=O) groups excluding carboxylic acids is 1. The van der Waals surface area contributed by atoms with Gasteiger partial charge in [0.15, 0.2) is 5.78 Å². The molecular weight excluding hydrogens is 188 g/mol. The second-order valence-electron chi connectivity index (χ2n) is 4.43. The number of hydrogen-bond donors (Lipinski definition) is 0. The van der Waals surface area contributed by atoms with Crippen molar-refractivity contribution in [2.45, 2.75) is 46.0 Å². The highest BCUT2D eigenvalue weighted by molar-refractivity contribution is 5.95. The first kappa shape index (κ1) is 12.0. The van der Waals surface area contributed by atoms with Crippen molar-refractivity contribution in [1.82, 2.24) is 0 Å². The van der Waals surface area contributed by atoms with Crippen LogP contribution in [-0.2, 0) is 0 Å². The van der Waals surface area contributed by atoms with Gasteiger partial charge in [-0.25, -0.2) is 0 Å². The van der Waals surface area contributed by atoms with E-state index in [0.717, 1.165) is 18.8 Å². The summed E-state index contributed by atoms with van der Waals surface area (Å²) in [6.07, 6.45) is 8.37. The van der Waals surface area contributed by atoms with Crippen molar-refractivity contribution in [1.29, 1.82) is 0 Å². The first-order valence-corrected chi connectivity index (χ1v) is 5.75. The largest absolute Gasteiger partial charge is 0.472 e. The van der Waals surface area contributed by atoms with Crippen LogP contribution in [0.2, 0.25) is 0 Å². The normalized spacial score (nSPS) is 10.9. The van der Waals surface area contributed by atoms with Gasteiger partial charge in [-0.1, -0.05) is 33.1 Å². The molecule has 84 valence electrons. The van der Waals surface area contributed by atoms with Crippen molar-refractivity contribution in [3.63, 3.8) is 0 Å². The van der Waals surface area contributed by atoms with E-state index in [1.807, 2.05) is 0 Å². The van der Waals surface area contributed by atoms with Crippen molar-refractivity contribution in [2.24, 2.45) is 5.92 Å². The Morgan fingerprint density at radius 3 is 2.73 bits per heavy atom. The molecule has 0 N–H and O–H groups in total. The Hall–Kier alpha value is -1.05. The van der Waals surface area contributed by atoms with E-state index in [0.29, 0.717) is 12.0 Å². The van der Waals surface area contributed by atoms with Gasteiger partial charge in [0, 0.05) is 6.42 Å². The molecular formula is C13H20O2. The molecule has 1 aromatic rings. The van der Waals surface area contributed by atoms with Crippen molar-refractivity contribution in [3.8, 4) is 0 Å². The Balaban J connectivity index is 2.08. The Morgan fingerprint density at radius 1 is 1.33 bits per heavy atom. The number of rotatable bonds is 7. The molecule has 0 unspecified atom stereocenters. The van der Waals surface area contributed by atoms with Gasteiger partial charge in [0.2, 0.25) is 0 Å². The molecule has 0 aromatic carbocycles. The predicted molar refractivity (Wildman–Crippen MR) is 61.0 cm³/mol. The average molecular weight is 208 g/mol. The van der Waals surface area contributed by atoms with Gasteiger partial charge < -0.3 is 4.42 Å². The number of carbonyl (C=O) groups is 1. The van der Waals surface area contributed by atoms with Crippen molar-refractivity contribution in [3.05, 3.63) is 24.2 Å². The fourth-order valence-corrected chi connectivity index (χ4v) is 1.58. The lowest BCUT2D eigenvalue weighted by Gasteiger charge is -2.03. The fraction of sp³-hybridized carbons (Fsp3) is 0.615. The lowest BCUT2D eigenvalue weighted by atomic mass is 10.0. The Bertz CT molecular complexity index is 273. The van der Waals surface area contributed by atoms with Gasteiger partial charge in [-0.05, 0) is 18.4 Å². The van der Waals surface area contributed by atoms with Gasteiger partial charge >= 0.3 is 0 Å². The van der Waals surface area contributed by atoms with Gasteiger partial charge in [-0.3, -0.25) is 4.79 Å². The first-order valence-electron chi connectivity index (χ1n) is 5.75. The molecule has 1 aromatic heterocycles. The summed E-state index contributed by atoms with van der Waals surface area (Å²) in [6, 6.07) is 1.73. The molecule has 0 aliphatic carbocycles. The maximum absolute atomic E-state index is 11.5. The minimum absolute atomic E-state index is 0.202. The summed E-state index contributed by atoms with van der Waals surface area (Å²) in [6.45, 7) is 4.47. The SMILES string of the molecule is CC(C)CCCCCC(=O)c1ccoc1. The molecule has 0 aliphatic heterocycles. The summed E-state index contributed by atoms with van der Waals surface area (Å²) >= 11 is 0. The zero-order valence-corrected chi connectivity index (χ0v) is 9.66. The summed E-state index contributed by atoms with van der Waals surface area (Å²) < 4.78 is 4.87. The van der Waals surface area contributed by atoms with Gasteiger partial charge in [0.05, 0.1) is 11.8 Å². The molecule has 15 heavy (non-hydrogen) atoms. The van der Waals surface area contributed by atoms with E-state index in [1.165, 1.54) is 19.1 Å². The standard InChI is InChI=1S/C13H20O2/c1-11(2)6-4-3-5-7-13(14)12-8-9-15-10-12/h8-11H,3-7H2,1-2H3. The van der Waals surface area contributed by atoms with Gasteiger partial charge in [0.1, 0.15) is 6.26 Å². The average Bonchev–Trinajstić information content (AvgIpc) is 2.69. The highest BCUT2D eigenvalue weighted by atomic mass is 16.3. The summed E-state index contributed by atoms with van der Waals surface area (Å²) in [5.74, 6) is 0.975. The second kappa shape index (κ2) is 6.44. The quantitative estimate of drug-likeness (QED) is 0.499. The van der Waals surface area contributed by atoms with Crippen LogP contribution in [-0.4, -0.2) is 5.78 Å². The molecule has 0 saturated carbocycles. The summed E-state index contributed by atoms with van der Waals surface area (Å²) in [7, 11) is 0. The molecule has 0 fully saturated rings. The minimum atomic E-state index is 0.202. The van der Waals surface area contributed by atoms with Gasteiger partial charge in [-0.2, -0.15) is 0 Å². The third-order valence-electron chi connectivity index (χ3n) is 2.53. The van der Waals surface area contributed by atoms with E-state index < -0.39 is 0 Å². The van der Waals surface area contributed by atoms with E-state index in [4.69, 9.17) is 4.42 Å². The van der Waals surface area contributed by atoms with Crippen LogP contribution in [0, 0.1) is 5.92 Å². The van der Waals surface area contributed by atoms with E-state index in [2.05, 4.69) is 13.8 Å². The van der Waals surface area contributed by atoms with Crippen LogP contribution >= 0.6 is 0 Å². The van der Waals surface area contributed by atoms with Crippen LogP contribution in [0.5, 0.6) is 0 Å². The Morgan fingerprint density at radius 2 is 2.13 bits per heavy atom. The lowest BCUT2D eigenvalue weighted by Crippen LogP contribution is -1.97. The van der Waals surface area contributed by atoms with Crippen LogP contribution in [0.15, 0.2) is 23.0 Å². The second-order valence-corrected chi connectivity index (χ2v) is 4.43.